The predicted octanol–water partition coefficient (Wildman–Crippen LogP) is -7.18. The maximum absolute atomic E-state index is 15.2. The van der Waals surface area contributed by atoms with E-state index < -0.39 is 168 Å². The van der Waals surface area contributed by atoms with E-state index in [0.29, 0.717) is 23.3 Å². The van der Waals surface area contributed by atoms with E-state index in [1.54, 1.807) is 38.1 Å². The number of nitrogens with two attached hydrogens (primary N) is 8. The highest BCUT2D eigenvalue weighted by molar-refractivity contribution is 8.00. The normalized spacial score (nSPS) is 22.8. The number of nitrogens with zero attached hydrogens (tertiary/aromatic N) is 4. The molecule has 2 saturated heterocycles. The molecule has 41 heteroatoms. The topological polar surface area (TPSA) is 669 Å². The molecule has 2 heterocycles. The van der Waals surface area contributed by atoms with Crippen LogP contribution in [0.4, 0.5) is 0 Å². The number of aliphatic imine (C=N–C) groups is 3. The fourth-order valence-corrected chi connectivity index (χ4v) is 12.2. The van der Waals surface area contributed by atoms with Gasteiger partial charge in [0, 0.05) is 44.8 Å². The number of carbonyl (C=O) groups is 14. The minimum Gasteiger partial charge on any atom is -0.508 e. The first-order chi connectivity index (χ1) is 51.3. The summed E-state index contributed by atoms with van der Waals surface area (Å²) in [6, 6.07) is -3.05. The van der Waals surface area contributed by atoms with E-state index in [1.807, 2.05) is 0 Å². The first kappa shape index (κ1) is 89.1. The predicted molar refractivity (Wildman–Crippen MR) is 398 cm³/mol. The zero-order chi connectivity index (χ0) is 80.0. The standard InChI is InChI=1S/C67H105N23O17S/c1-36(2)28-45-59(101)84-43(12-7-25-77-66(72)73)58(100)88-47(30-38-17-21-40(107-3)22-18-38)61(103)86-44(13-8-26-78-67(74)75)64(106)90-27-9-14-50(90)63(105)85-42(10-4-5-23-68)57(99)89-48(31-54(95)96)62(104)83-41(11-6-24-76-65(70)71)56(98)80-32-51(92)79-33-52(93)82-49(55(69)97)34-108-35-53(94)81-46(60(102)87-45)29-37-15-19-39(91)20-16-37/h15-22,36,41-50,91H,4-14,23-35,68H2,1-3H3,(H2,69,97)(H,79,92)(H,80,98)(H,81,94)(H,82,93)(H,83,104)(H,84,101)(H,85,105)(H,86,103)(H,87,102)(H,88,100)(H,89,99)(H,95,96)(H4,70,71,76)(H4,72,73,77)(H4,74,75,78)/t41-,42-,43-,44-,45-,46-,47-,48-,49-,50-/m0/s1. The number of carboxylic acids is 1. The van der Waals surface area contributed by atoms with Crippen molar-refractivity contribution in [3.05, 3.63) is 59.7 Å². The second kappa shape index (κ2) is 46.6. The molecule has 0 aliphatic carbocycles. The van der Waals surface area contributed by atoms with Gasteiger partial charge >= 0.3 is 5.97 Å². The minimum absolute atomic E-state index is 0.0104. The minimum atomic E-state index is -1.93. The summed E-state index contributed by atoms with van der Waals surface area (Å²) in [5.74, 6) is -15.5. The number of phenols is 1. The molecule has 29 N–H and O–H groups in total. The Morgan fingerprint density at radius 3 is 1.49 bits per heavy atom. The van der Waals surface area contributed by atoms with Crippen LogP contribution in [-0.4, -0.2) is 241 Å². The molecule has 0 aromatic heterocycles. The molecule has 108 heavy (non-hydrogen) atoms. The van der Waals surface area contributed by atoms with Crippen molar-refractivity contribution in [1.29, 1.82) is 0 Å². The molecule has 596 valence electrons. The molecule has 2 aliphatic heterocycles. The number of thioether (sulfide) groups is 1. The highest BCUT2D eigenvalue weighted by Crippen LogP contribution is 2.22. The van der Waals surface area contributed by atoms with Crippen LogP contribution in [0.25, 0.3) is 0 Å². The fraction of sp³-hybridized carbons (Fsp3) is 0.567. The third-order valence-electron chi connectivity index (χ3n) is 16.8. The van der Waals surface area contributed by atoms with Gasteiger partial charge in [0.25, 0.3) is 0 Å². The lowest BCUT2D eigenvalue weighted by atomic mass is 10.00. The molecule has 2 aromatic carbocycles. The van der Waals surface area contributed by atoms with Gasteiger partial charge in [0.05, 0.1) is 32.4 Å². The second-order valence-electron chi connectivity index (χ2n) is 26.1. The number of hydrogen-bond acceptors (Lipinski definition) is 21. The number of primary amides is 1. The van der Waals surface area contributed by atoms with Gasteiger partial charge in [0.1, 0.15) is 71.9 Å². The Bertz CT molecular complexity index is 3500. The number of rotatable bonds is 26. The number of benzene rings is 2. The van der Waals surface area contributed by atoms with Crippen molar-refractivity contribution in [3.63, 3.8) is 0 Å². The van der Waals surface area contributed by atoms with Gasteiger partial charge in [-0.1, -0.05) is 38.1 Å². The Hall–Kier alpha value is -11.3. The van der Waals surface area contributed by atoms with Crippen molar-refractivity contribution in [2.75, 3.05) is 64.4 Å². The molecular weight excluding hydrogens is 1430 g/mol. The molecule has 2 aliphatic rings. The van der Waals surface area contributed by atoms with Crippen LogP contribution < -0.4 is 109 Å². The van der Waals surface area contributed by atoms with Crippen LogP contribution in [-0.2, 0) is 80.0 Å². The zero-order valence-electron chi connectivity index (χ0n) is 60.8. The lowest BCUT2D eigenvalue weighted by Gasteiger charge is -2.31. The molecule has 0 spiro atoms. The number of aliphatic carboxylic acids is 1. The monoisotopic (exact) mass is 1540 g/mol. The molecule has 0 radical (unpaired) electrons. The van der Waals surface area contributed by atoms with Gasteiger partial charge in [-0.2, -0.15) is 0 Å². The Balaban J connectivity index is 1.87. The Labute approximate surface area is 628 Å². The number of carbonyl (C=O) groups excluding carboxylic acids is 13. The number of hydrogen-bond donors (Lipinski definition) is 21. The number of guanidine groups is 3. The highest BCUT2D eigenvalue weighted by atomic mass is 32.2. The summed E-state index contributed by atoms with van der Waals surface area (Å²) in [5, 5.41) is 48.1. The molecule has 0 bridgehead atoms. The van der Waals surface area contributed by atoms with Crippen molar-refractivity contribution in [2.45, 2.75) is 171 Å². The van der Waals surface area contributed by atoms with Crippen molar-refractivity contribution in [1.82, 2.24) is 63.4 Å². The number of aromatic hydroxyl groups is 1. The number of fused-ring (bicyclic) bond motifs is 1. The summed E-state index contributed by atoms with van der Waals surface area (Å²) in [6.07, 6.45) is -1.37. The smallest absolute Gasteiger partial charge is 0.305 e. The number of phenolic OH excluding ortho intramolecular Hbond substituents is 1. The summed E-state index contributed by atoms with van der Waals surface area (Å²) in [6.45, 7) is 1.83. The van der Waals surface area contributed by atoms with Gasteiger partial charge in [-0.15, -0.1) is 11.8 Å². The lowest BCUT2D eigenvalue weighted by molar-refractivity contribution is -0.143. The maximum Gasteiger partial charge on any atom is 0.305 e. The van der Waals surface area contributed by atoms with Crippen LogP contribution in [0.1, 0.15) is 108 Å². The number of unbranched alkanes of at least 4 members (excludes halogenated alkanes) is 1. The number of ether oxygens (including phenoxy) is 1. The summed E-state index contributed by atoms with van der Waals surface area (Å²) < 4.78 is 5.36. The van der Waals surface area contributed by atoms with Crippen molar-refractivity contribution in [3.8, 4) is 11.5 Å². The average molecular weight is 1540 g/mol. The molecule has 40 nitrogen and oxygen atoms in total. The van der Waals surface area contributed by atoms with E-state index in [2.05, 4.69) is 73.5 Å². The summed E-state index contributed by atoms with van der Waals surface area (Å²) in [5.41, 5.74) is 45.9. The van der Waals surface area contributed by atoms with Gasteiger partial charge in [-0.25, -0.2) is 0 Å². The largest absolute Gasteiger partial charge is 0.508 e. The van der Waals surface area contributed by atoms with Crippen molar-refractivity contribution >= 4 is 112 Å². The van der Waals surface area contributed by atoms with Gasteiger partial charge in [0.15, 0.2) is 17.9 Å². The van der Waals surface area contributed by atoms with Gasteiger partial charge < -0.3 is 124 Å². The fourth-order valence-electron chi connectivity index (χ4n) is 11.3. The SMILES string of the molecule is COc1ccc(C[C@@H]2NC(=O)[C@H](CCCN=C(N)N)NC(=O)[C@H](CC(C)C)NC(=O)[C@H](Cc3ccc(O)cc3)NC(=O)CSC[C@@H](C(N)=O)NC(=O)CNC(=O)CNC(=O)[C@H](CCCN=C(N)N)NC(=O)[C@H](CC(=O)O)NC(=O)[C@H](CCCCN)NC(=O)[C@@H]3CCCN3C(=O)[C@H](CCCN=C(N)N)NC2=O)cc1. The molecule has 0 saturated carbocycles. The highest BCUT2D eigenvalue weighted by Gasteiger charge is 2.41. The van der Waals surface area contributed by atoms with E-state index in [1.165, 1.54) is 36.3 Å². The van der Waals surface area contributed by atoms with E-state index >= 15 is 14.4 Å². The molecule has 13 amide bonds. The van der Waals surface area contributed by atoms with E-state index in [9.17, 15) is 63.0 Å². The first-order valence-electron chi connectivity index (χ1n) is 35.2. The molecule has 2 fully saturated rings. The number of carboxylic acid groups (broad SMARTS) is 1. The number of amides is 13. The van der Waals surface area contributed by atoms with Crippen LogP contribution in [0.5, 0.6) is 11.5 Å². The molecule has 10 atom stereocenters. The number of nitrogens with one attached hydrogen (secondary N) is 11. The third-order valence-corrected chi connectivity index (χ3v) is 17.8. The summed E-state index contributed by atoms with van der Waals surface area (Å²) in [4.78, 5) is 210. The van der Waals surface area contributed by atoms with Gasteiger partial charge in [-0.3, -0.25) is 82.1 Å². The van der Waals surface area contributed by atoms with E-state index in [0.717, 1.165) is 11.8 Å². The van der Waals surface area contributed by atoms with Crippen LogP contribution in [0.15, 0.2) is 63.5 Å². The molecule has 2 aromatic rings. The quantitative estimate of drug-likeness (QED) is 0.0236. The van der Waals surface area contributed by atoms with Gasteiger partial charge in [0.2, 0.25) is 76.8 Å². The number of methoxy groups -OCH3 is 1. The zero-order valence-corrected chi connectivity index (χ0v) is 61.6. The maximum atomic E-state index is 15.2. The van der Waals surface area contributed by atoms with Crippen LogP contribution in [0.2, 0.25) is 0 Å². The average Bonchev–Trinajstić information content (AvgIpc) is 1.60. The second-order valence-corrected chi connectivity index (χ2v) is 27.1. The van der Waals surface area contributed by atoms with E-state index in [4.69, 9.17) is 50.6 Å². The molecule has 0 unspecified atom stereocenters. The molecule has 4 rings (SSSR count). The van der Waals surface area contributed by atoms with Gasteiger partial charge in [-0.05, 0) is 125 Å². The van der Waals surface area contributed by atoms with E-state index in [-0.39, 0.29) is 151 Å². The lowest BCUT2D eigenvalue weighted by Crippen LogP contribution is -2.60. The first-order valence-corrected chi connectivity index (χ1v) is 36.3. The summed E-state index contributed by atoms with van der Waals surface area (Å²) >= 11 is 0.807. The van der Waals surface area contributed by atoms with Crippen molar-refractivity contribution in [2.24, 2.45) is 66.8 Å². The van der Waals surface area contributed by atoms with Crippen molar-refractivity contribution < 1.29 is 82.1 Å². The van der Waals surface area contributed by atoms with Crippen LogP contribution >= 0.6 is 11.8 Å². The Morgan fingerprint density at radius 2 is 0.972 bits per heavy atom. The Morgan fingerprint density at radius 1 is 0.528 bits per heavy atom. The van der Waals surface area contributed by atoms with Crippen LogP contribution in [0.3, 0.4) is 0 Å². The third kappa shape index (κ3) is 33.0. The Kier molecular flexibility index (Phi) is 38.5. The molecular formula is C67H105N23O17S. The van der Waals surface area contributed by atoms with Crippen LogP contribution in [0, 0.1) is 5.92 Å². The summed E-state index contributed by atoms with van der Waals surface area (Å²) in [7, 11) is 1.44.